The van der Waals surface area contributed by atoms with Gasteiger partial charge in [0.2, 0.25) is 0 Å². The maximum absolute atomic E-state index is 13.8. The number of amides is 1. The number of ether oxygens (including phenoxy) is 1. The van der Waals surface area contributed by atoms with Crippen molar-refractivity contribution in [1.82, 2.24) is 10.2 Å². The van der Waals surface area contributed by atoms with Crippen molar-refractivity contribution in [2.75, 3.05) is 25.1 Å². The Labute approximate surface area is 222 Å². The average molecular weight is 504 g/mol. The molecule has 0 aromatic heterocycles. The van der Waals surface area contributed by atoms with Gasteiger partial charge >= 0.3 is 0 Å². The number of ketones is 1. The minimum absolute atomic E-state index is 0.0356. The molecule has 38 heavy (non-hydrogen) atoms. The molecule has 1 saturated heterocycles. The van der Waals surface area contributed by atoms with E-state index in [4.69, 9.17) is 4.74 Å². The SMILES string of the molecule is O=C(Nc1ccc(C(=O)C2CC=CC3=CNC=C4COCCN4C32)cc1)c1ccccc1-c1ccccc1. The van der Waals surface area contributed by atoms with Crippen LogP contribution in [-0.2, 0) is 4.74 Å². The first-order chi connectivity index (χ1) is 18.7. The number of carbonyl (C=O) groups is 2. The summed E-state index contributed by atoms with van der Waals surface area (Å²) in [5, 5.41) is 6.25. The van der Waals surface area contributed by atoms with Crippen LogP contribution >= 0.6 is 0 Å². The standard InChI is InChI=1S/C32H29N3O3/c36-31(29-12-6-9-24-19-33-20-26-21-38-18-17-35(26)30(24)29)23-13-15-25(16-14-23)34-32(37)28-11-5-4-10-27(28)22-7-2-1-3-8-22/h1-11,13-16,19-20,29-30,33H,12,17-18,21H2,(H,34,37). The Morgan fingerprint density at radius 3 is 2.55 bits per heavy atom. The quantitative estimate of drug-likeness (QED) is 0.457. The highest BCUT2D eigenvalue weighted by molar-refractivity contribution is 6.09. The summed E-state index contributed by atoms with van der Waals surface area (Å²) in [7, 11) is 0. The number of fused-ring (bicyclic) bond motifs is 3. The lowest BCUT2D eigenvalue weighted by Gasteiger charge is -2.42. The first-order valence-electron chi connectivity index (χ1n) is 13.0. The summed E-state index contributed by atoms with van der Waals surface area (Å²) in [4.78, 5) is 29.2. The fourth-order valence-corrected chi connectivity index (χ4v) is 5.52. The highest BCUT2D eigenvalue weighted by atomic mass is 16.5. The van der Waals surface area contributed by atoms with Gasteiger partial charge in [0.1, 0.15) is 0 Å². The summed E-state index contributed by atoms with van der Waals surface area (Å²) in [5.41, 5.74) is 5.92. The first-order valence-corrected chi connectivity index (χ1v) is 13.0. The van der Waals surface area contributed by atoms with E-state index < -0.39 is 0 Å². The van der Waals surface area contributed by atoms with Crippen molar-refractivity contribution in [1.29, 1.82) is 0 Å². The molecule has 6 heteroatoms. The number of Topliss-reactive ketones (excluding diaryl/α,β-unsaturated/α-hetero) is 1. The molecule has 6 rings (SSSR count). The van der Waals surface area contributed by atoms with Gasteiger partial charge in [-0.1, -0.05) is 60.7 Å². The highest BCUT2D eigenvalue weighted by Gasteiger charge is 2.39. The molecular formula is C32H29N3O3. The van der Waals surface area contributed by atoms with E-state index in [0.717, 1.165) is 28.9 Å². The number of nitrogens with one attached hydrogen (secondary N) is 2. The third kappa shape index (κ3) is 4.66. The van der Waals surface area contributed by atoms with Gasteiger partial charge in [0.25, 0.3) is 5.91 Å². The van der Waals surface area contributed by atoms with Crippen LogP contribution in [0.3, 0.4) is 0 Å². The van der Waals surface area contributed by atoms with E-state index in [9.17, 15) is 9.59 Å². The molecule has 1 fully saturated rings. The summed E-state index contributed by atoms with van der Waals surface area (Å²) in [6, 6.07) is 24.6. The zero-order chi connectivity index (χ0) is 25.9. The van der Waals surface area contributed by atoms with E-state index in [2.05, 4.69) is 27.7 Å². The summed E-state index contributed by atoms with van der Waals surface area (Å²) < 4.78 is 5.65. The second kappa shape index (κ2) is 10.5. The molecule has 2 aliphatic heterocycles. The minimum atomic E-state index is -0.203. The van der Waals surface area contributed by atoms with Crippen molar-refractivity contribution < 1.29 is 14.3 Å². The third-order valence-corrected chi connectivity index (χ3v) is 7.37. The van der Waals surface area contributed by atoms with Crippen LogP contribution in [0.15, 0.2) is 115 Å². The van der Waals surface area contributed by atoms with Gasteiger partial charge < -0.3 is 20.3 Å². The van der Waals surface area contributed by atoms with Crippen LogP contribution in [-0.4, -0.2) is 42.4 Å². The number of anilines is 1. The number of nitrogens with zero attached hydrogens (tertiary/aromatic N) is 1. The monoisotopic (exact) mass is 503 g/mol. The smallest absolute Gasteiger partial charge is 0.256 e. The van der Waals surface area contributed by atoms with Crippen molar-refractivity contribution in [2.24, 2.45) is 5.92 Å². The summed E-state index contributed by atoms with van der Waals surface area (Å²) in [5.74, 6) is -0.288. The molecule has 0 radical (unpaired) electrons. The number of morpholine rings is 1. The number of allylic oxidation sites excluding steroid dienone is 1. The summed E-state index contributed by atoms with van der Waals surface area (Å²) in [6.07, 6.45) is 8.82. The number of hydrogen-bond acceptors (Lipinski definition) is 5. The molecule has 0 saturated carbocycles. The Hall–Kier alpha value is -4.42. The molecule has 2 N–H and O–H groups in total. The van der Waals surface area contributed by atoms with Gasteiger partial charge in [-0.2, -0.15) is 0 Å². The van der Waals surface area contributed by atoms with Crippen LogP contribution < -0.4 is 10.6 Å². The van der Waals surface area contributed by atoms with Crippen molar-refractivity contribution in [2.45, 2.75) is 12.5 Å². The Bertz CT molecular complexity index is 1440. The highest BCUT2D eigenvalue weighted by Crippen LogP contribution is 2.35. The fraction of sp³-hybridized carbons (Fsp3) is 0.188. The normalized spacial score (nSPS) is 20.2. The molecular weight excluding hydrogens is 474 g/mol. The lowest BCUT2D eigenvalue weighted by molar-refractivity contribution is 0.0455. The molecule has 3 aromatic carbocycles. The molecule has 6 nitrogen and oxygen atoms in total. The Kier molecular flexibility index (Phi) is 6.63. The van der Waals surface area contributed by atoms with Crippen molar-refractivity contribution in [3.63, 3.8) is 0 Å². The van der Waals surface area contributed by atoms with Crippen LogP contribution in [0.1, 0.15) is 27.1 Å². The maximum Gasteiger partial charge on any atom is 0.256 e. The Balaban J connectivity index is 1.20. The van der Waals surface area contributed by atoms with E-state index >= 15 is 0 Å². The Morgan fingerprint density at radius 1 is 0.921 bits per heavy atom. The zero-order valence-electron chi connectivity index (χ0n) is 21.0. The van der Waals surface area contributed by atoms with Crippen LogP contribution in [0.4, 0.5) is 5.69 Å². The molecule has 1 amide bonds. The third-order valence-electron chi connectivity index (χ3n) is 7.37. The van der Waals surface area contributed by atoms with E-state index in [1.165, 1.54) is 0 Å². The lowest BCUT2D eigenvalue weighted by Crippen LogP contribution is -2.48. The maximum atomic E-state index is 13.8. The lowest BCUT2D eigenvalue weighted by atomic mass is 9.79. The molecule has 2 unspecified atom stereocenters. The number of carbonyl (C=O) groups excluding carboxylic acids is 2. The summed E-state index contributed by atoms with van der Waals surface area (Å²) in [6.45, 7) is 1.94. The van der Waals surface area contributed by atoms with Crippen LogP contribution in [0.5, 0.6) is 0 Å². The van der Waals surface area contributed by atoms with Crippen molar-refractivity contribution in [3.8, 4) is 11.1 Å². The van der Waals surface area contributed by atoms with Gasteiger partial charge in [-0.3, -0.25) is 9.59 Å². The Morgan fingerprint density at radius 2 is 1.71 bits per heavy atom. The van der Waals surface area contributed by atoms with E-state index in [1.807, 2.05) is 79.1 Å². The number of rotatable bonds is 5. The topological polar surface area (TPSA) is 70.7 Å². The second-order valence-corrected chi connectivity index (χ2v) is 9.69. The van der Waals surface area contributed by atoms with E-state index in [1.54, 1.807) is 12.1 Å². The molecule has 190 valence electrons. The van der Waals surface area contributed by atoms with Gasteiger partial charge in [0.15, 0.2) is 5.78 Å². The predicted molar refractivity (Wildman–Crippen MR) is 148 cm³/mol. The largest absolute Gasteiger partial charge is 0.373 e. The van der Waals surface area contributed by atoms with Crippen molar-refractivity contribution in [3.05, 3.63) is 126 Å². The van der Waals surface area contributed by atoms with Gasteiger partial charge in [-0.05, 0) is 53.5 Å². The first kappa shape index (κ1) is 23.9. The van der Waals surface area contributed by atoms with Crippen LogP contribution in [0.25, 0.3) is 11.1 Å². The molecule has 3 aromatic rings. The van der Waals surface area contributed by atoms with Crippen LogP contribution in [0.2, 0.25) is 0 Å². The molecule has 2 heterocycles. The van der Waals surface area contributed by atoms with Gasteiger partial charge in [-0.15, -0.1) is 0 Å². The van der Waals surface area contributed by atoms with Gasteiger partial charge in [0, 0.05) is 35.8 Å². The number of hydrogen-bond donors (Lipinski definition) is 2. The fourth-order valence-electron chi connectivity index (χ4n) is 5.52. The molecule has 2 atom stereocenters. The minimum Gasteiger partial charge on any atom is -0.373 e. The average Bonchev–Trinajstić information content (AvgIpc) is 3.17. The molecule has 0 spiro atoms. The zero-order valence-corrected chi connectivity index (χ0v) is 21.0. The summed E-state index contributed by atoms with van der Waals surface area (Å²) >= 11 is 0. The second-order valence-electron chi connectivity index (χ2n) is 9.69. The molecule has 0 bridgehead atoms. The van der Waals surface area contributed by atoms with Gasteiger partial charge in [-0.25, -0.2) is 0 Å². The van der Waals surface area contributed by atoms with E-state index in [0.29, 0.717) is 36.4 Å². The van der Waals surface area contributed by atoms with Crippen LogP contribution in [0, 0.1) is 5.92 Å². The van der Waals surface area contributed by atoms with Crippen molar-refractivity contribution >= 4 is 17.4 Å². The number of benzene rings is 3. The van der Waals surface area contributed by atoms with E-state index in [-0.39, 0.29) is 23.7 Å². The van der Waals surface area contributed by atoms with Gasteiger partial charge in [0.05, 0.1) is 30.9 Å². The molecule has 1 aliphatic carbocycles. The predicted octanol–water partition coefficient (Wildman–Crippen LogP) is 5.39. The molecule has 3 aliphatic rings.